The summed E-state index contributed by atoms with van der Waals surface area (Å²) in [6, 6.07) is 16.8. The first-order valence-corrected chi connectivity index (χ1v) is 12.6. The number of aromatic nitrogens is 2. The smallest absolute Gasteiger partial charge is 0.337 e. The largest absolute Gasteiger partial charge is 0.465 e. The number of hydrogen-bond donors (Lipinski definition) is 2. The van der Waals surface area contributed by atoms with Crippen LogP contribution in [0.2, 0.25) is 0 Å². The van der Waals surface area contributed by atoms with E-state index < -0.39 is 23.8 Å². The van der Waals surface area contributed by atoms with E-state index in [4.69, 9.17) is 5.73 Å². The molecule has 1 amide bonds. The predicted molar refractivity (Wildman–Crippen MR) is 155 cm³/mol. The lowest BCUT2D eigenvalue weighted by Gasteiger charge is -2.13. The van der Waals surface area contributed by atoms with E-state index in [1.54, 1.807) is 36.7 Å². The number of halogens is 2. The van der Waals surface area contributed by atoms with Crippen LogP contribution in [0.1, 0.15) is 38.8 Å². The summed E-state index contributed by atoms with van der Waals surface area (Å²) in [5.41, 5.74) is 11.5. The zero-order valence-electron chi connectivity index (χ0n) is 23.7. The number of anilines is 2. The van der Waals surface area contributed by atoms with Gasteiger partial charge < -0.3 is 20.5 Å². The van der Waals surface area contributed by atoms with Gasteiger partial charge in [0.05, 0.1) is 36.7 Å². The Balaban J connectivity index is 0.000000240. The van der Waals surface area contributed by atoms with E-state index in [1.807, 2.05) is 32.0 Å². The highest BCUT2D eigenvalue weighted by Gasteiger charge is 2.32. The van der Waals surface area contributed by atoms with Crippen LogP contribution < -0.4 is 11.1 Å². The van der Waals surface area contributed by atoms with Crippen molar-refractivity contribution in [3.05, 3.63) is 95.3 Å². The lowest BCUT2D eigenvalue weighted by Crippen LogP contribution is -2.31. The summed E-state index contributed by atoms with van der Waals surface area (Å²) in [6.07, 6.45) is 3.41. The van der Waals surface area contributed by atoms with Crippen LogP contribution >= 0.6 is 0 Å². The van der Waals surface area contributed by atoms with Crippen LogP contribution in [0, 0.1) is 13.8 Å². The van der Waals surface area contributed by atoms with Crippen molar-refractivity contribution >= 4 is 29.2 Å². The van der Waals surface area contributed by atoms with Gasteiger partial charge in [-0.1, -0.05) is 12.1 Å². The minimum absolute atomic E-state index is 0.0572. The number of ether oxygens (including phenoxy) is 2. The van der Waals surface area contributed by atoms with Gasteiger partial charge in [0.1, 0.15) is 0 Å². The molecule has 0 saturated carbocycles. The Bertz CT molecular complexity index is 1580. The topological polar surface area (TPSA) is 134 Å². The molecule has 2 aromatic heterocycles. The number of benzene rings is 2. The van der Waals surface area contributed by atoms with Gasteiger partial charge in [0, 0.05) is 41.8 Å². The zero-order valence-corrected chi connectivity index (χ0v) is 23.7. The number of alkyl halides is 2. The van der Waals surface area contributed by atoms with E-state index in [0.29, 0.717) is 29.4 Å². The summed E-state index contributed by atoms with van der Waals surface area (Å²) in [5, 5.41) is 2.10. The van der Waals surface area contributed by atoms with E-state index in [-0.39, 0.29) is 11.3 Å². The number of nitrogens with zero attached hydrogens (tertiary/aromatic N) is 2. The quantitative estimate of drug-likeness (QED) is 0.215. The zero-order chi connectivity index (χ0) is 31.0. The summed E-state index contributed by atoms with van der Waals surface area (Å²) in [5.74, 6) is -6.06. The highest BCUT2D eigenvalue weighted by Crippen LogP contribution is 2.26. The minimum atomic E-state index is -3.54. The molecular formula is C31H30F2N4O5. The molecule has 11 heteroatoms. The molecule has 9 nitrogen and oxygen atoms in total. The number of hydrogen-bond acceptors (Lipinski definition) is 8. The third-order valence-electron chi connectivity index (χ3n) is 5.80. The molecular weight excluding hydrogens is 546 g/mol. The lowest BCUT2D eigenvalue weighted by atomic mass is 10.1. The second-order valence-electron chi connectivity index (χ2n) is 9.41. The molecule has 3 N–H and O–H groups in total. The van der Waals surface area contributed by atoms with Crippen LogP contribution in [0.3, 0.4) is 0 Å². The van der Waals surface area contributed by atoms with Crippen LogP contribution in [0.4, 0.5) is 20.2 Å². The molecule has 0 spiro atoms. The van der Waals surface area contributed by atoms with E-state index in [2.05, 4.69) is 24.8 Å². The van der Waals surface area contributed by atoms with Crippen LogP contribution in [-0.2, 0) is 14.3 Å². The van der Waals surface area contributed by atoms with Gasteiger partial charge in [-0.3, -0.25) is 14.8 Å². The lowest BCUT2D eigenvalue weighted by molar-refractivity contribution is -0.137. The van der Waals surface area contributed by atoms with Crippen molar-refractivity contribution in [2.45, 2.75) is 26.7 Å². The first kappa shape index (κ1) is 31.3. The standard InChI is InChI=1S/C17H16F2N2O3.C14H14N2O2/c1-10-4-5-14(20-9-10)11-6-12(15(22)24-3)8-13(7-11)21-16(23)17(2,18)19;1-9-3-4-13(16-8-9)10-5-11(14(17)18-2)7-12(15)6-10/h4-9H,1-3H3,(H,21,23);3-8H,15H2,1-2H3. The van der Waals surface area contributed by atoms with Gasteiger partial charge in [0.25, 0.3) is 5.91 Å². The van der Waals surface area contributed by atoms with E-state index >= 15 is 0 Å². The third kappa shape index (κ3) is 8.40. The molecule has 2 heterocycles. The average molecular weight is 577 g/mol. The molecule has 4 rings (SSSR count). The Hall–Kier alpha value is -5.19. The fraction of sp³-hybridized carbons (Fsp3) is 0.194. The first-order chi connectivity index (χ1) is 19.8. The molecule has 218 valence electrons. The minimum Gasteiger partial charge on any atom is -0.465 e. The Morgan fingerprint density at radius 1 is 0.762 bits per heavy atom. The van der Waals surface area contributed by atoms with Crippen molar-refractivity contribution in [1.82, 2.24) is 9.97 Å². The SMILES string of the molecule is COC(=O)c1cc(N)cc(-c2ccc(C)cn2)c1.COC(=O)c1cc(NC(=O)C(C)(F)F)cc(-c2ccc(C)cn2)c1. The van der Waals surface area contributed by atoms with Crippen molar-refractivity contribution in [2.24, 2.45) is 0 Å². The van der Waals surface area contributed by atoms with Crippen molar-refractivity contribution in [3.8, 4) is 22.5 Å². The Morgan fingerprint density at radius 2 is 1.24 bits per heavy atom. The van der Waals surface area contributed by atoms with Gasteiger partial charge in [-0.15, -0.1) is 0 Å². The predicted octanol–water partition coefficient (Wildman–Crippen LogP) is 5.86. The molecule has 0 radical (unpaired) electrons. The van der Waals surface area contributed by atoms with E-state index in [9.17, 15) is 23.2 Å². The fourth-order valence-electron chi connectivity index (χ4n) is 3.64. The normalized spacial score (nSPS) is 10.6. The number of carbonyl (C=O) groups is 3. The Kier molecular flexibility index (Phi) is 10.0. The number of amides is 1. The van der Waals surface area contributed by atoms with Crippen molar-refractivity contribution < 1.29 is 32.6 Å². The van der Waals surface area contributed by atoms with E-state index in [0.717, 1.165) is 22.4 Å². The molecule has 0 aliphatic rings. The van der Waals surface area contributed by atoms with Crippen LogP contribution in [0.15, 0.2) is 73.1 Å². The molecule has 2 aromatic carbocycles. The molecule has 0 aliphatic heterocycles. The second kappa shape index (κ2) is 13.4. The van der Waals surface area contributed by atoms with Gasteiger partial charge in [-0.05, 0) is 73.5 Å². The molecule has 0 saturated heterocycles. The van der Waals surface area contributed by atoms with Gasteiger partial charge in [0.2, 0.25) is 0 Å². The monoisotopic (exact) mass is 576 g/mol. The highest BCUT2D eigenvalue weighted by atomic mass is 19.3. The van der Waals surface area contributed by atoms with Crippen molar-refractivity contribution in [1.29, 1.82) is 0 Å². The molecule has 0 atom stereocenters. The molecule has 0 fully saturated rings. The molecule has 42 heavy (non-hydrogen) atoms. The maximum Gasteiger partial charge on any atom is 0.337 e. The first-order valence-electron chi connectivity index (χ1n) is 12.6. The maximum atomic E-state index is 13.1. The maximum absolute atomic E-state index is 13.1. The van der Waals surface area contributed by atoms with Crippen molar-refractivity contribution in [3.63, 3.8) is 0 Å². The number of rotatable bonds is 6. The summed E-state index contributed by atoms with van der Waals surface area (Å²) in [7, 11) is 2.55. The summed E-state index contributed by atoms with van der Waals surface area (Å²) in [6.45, 7) is 4.33. The number of nitrogens with two attached hydrogens (primary N) is 1. The number of methoxy groups -OCH3 is 2. The summed E-state index contributed by atoms with van der Waals surface area (Å²) in [4.78, 5) is 43.3. The number of nitrogen functional groups attached to an aromatic ring is 1. The number of esters is 2. The number of carbonyl (C=O) groups excluding carboxylic acids is 3. The molecule has 0 aliphatic carbocycles. The molecule has 0 unspecified atom stereocenters. The highest BCUT2D eigenvalue weighted by molar-refractivity contribution is 5.99. The van der Waals surface area contributed by atoms with Crippen LogP contribution in [0.5, 0.6) is 0 Å². The van der Waals surface area contributed by atoms with E-state index in [1.165, 1.54) is 32.4 Å². The second-order valence-corrected chi connectivity index (χ2v) is 9.41. The van der Waals surface area contributed by atoms with Crippen molar-refractivity contribution in [2.75, 3.05) is 25.3 Å². The van der Waals surface area contributed by atoms with Gasteiger partial charge in [0.15, 0.2) is 0 Å². The number of aryl methyl sites for hydroxylation is 2. The fourth-order valence-corrected chi connectivity index (χ4v) is 3.64. The average Bonchev–Trinajstić information content (AvgIpc) is 2.96. The van der Waals surface area contributed by atoms with Crippen LogP contribution in [-0.4, -0.2) is 48.0 Å². The van der Waals surface area contributed by atoms with Crippen LogP contribution in [0.25, 0.3) is 22.5 Å². The molecule has 4 aromatic rings. The summed E-state index contributed by atoms with van der Waals surface area (Å²) < 4.78 is 35.5. The van der Waals surface area contributed by atoms with Gasteiger partial charge in [-0.2, -0.15) is 8.78 Å². The Morgan fingerprint density at radius 3 is 1.67 bits per heavy atom. The third-order valence-corrected chi connectivity index (χ3v) is 5.80. The summed E-state index contributed by atoms with van der Waals surface area (Å²) >= 11 is 0. The number of nitrogens with one attached hydrogen (secondary N) is 1. The number of pyridine rings is 2. The van der Waals surface area contributed by atoms with Gasteiger partial charge >= 0.3 is 17.9 Å². The molecule has 0 bridgehead atoms. The van der Waals surface area contributed by atoms with Gasteiger partial charge in [-0.25, -0.2) is 9.59 Å². The Labute approximate surface area is 241 Å².